The summed E-state index contributed by atoms with van der Waals surface area (Å²) in [5, 5.41) is 4.98. The molecule has 0 spiro atoms. The summed E-state index contributed by atoms with van der Waals surface area (Å²) in [5.41, 5.74) is 7.80. The number of nitrogens with zero attached hydrogens (tertiary/aromatic N) is 2. The standard InChI is InChI=1S/C26H45N3/c1-3-22-29(23-4-2)26-20-16-12-7-5-6-10-14-18-24(26)25-19-15-11-8-9-13-17-21-27-28-25/h3-4,27H,1-2,5-23H2. The SMILES string of the molecule is C=CCN(CC=C)C1=C(C2=NNCCCCCCCC2)CCCCCCCCC1. The Kier molecular flexibility index (Phi) is 12.6. The van der Waals surface area contributed by atoms with Gasteiger partial charge < -0.3 is 10.3 Å². The van der Waals surface area contributed by atoms with Crippen molar-refractivity contribution in [1.29, 1.82) is 0 Å². The molecule has 0 saturated heterocycles. The van der Waals surface area contributed by atoms with Crippen molar-refractivity contribution in [3.63, 3.8) is 0 Å². The minimum Gasteiger partial charge on any atom is -0.367 e. The lowest BCUT2D eigenvalue weighted by Gasteiger charge is -2.29. The van der Waals surface area contributed by atoms with Crippen LogP contribution in [0.15, 0.2) is 41.7 Å². The van der Waals surface area contributed by atoms with Crippen LogP contribution in [0.25, 0.3) is 0 Å². The van der Waals surface area contributed by atoms with Gasteiger partial charge in [-0.05, 0) is 50.5 Å². The first-order valence-corrected chi connectivity index (χ1v) is 12.4. The van der Waals surface area contributed by atoms with Gasteiger partial charge in [0.2, 0.25) is 0 Å². The van der Waals surface area contributed by atoms with Crippen LogP contribution in [-0.2, 0) is 0 Å². The summed E-state index contributed by atoms with van der Waals surface area (Å²) >= 11 is 0. The fourth-order valence-electron chi connectivity index (χ4n) is 4.67. The monoisotopic (exact) mass is 399 g/mol. The van der Waals surface area contributed by atoms with Gasteiger partial charge in [-0.3, -0.25) is 0 Å². The fourth-order valence-corrected chi connectivity index (χ4v) is 4.67. The van der Waals surface area contributed by atoms with Gasteiger partial charge in [-0.1, -0.05) is 69.9 Å². The molecule has 0 unspecified atom stereocenters. The first-order valence-electron chi connectivity index (χ1n) is 12.4. The maximum Gasteiger partial charge on any atom is 0.0652 e. The second-order valence-electron chi connectivity index (χ2n) is 8.72. The molecule has 3 nitrogen and oxygen atoms in total. The van der Waals surface area contributed by atoms with Crippen LogP contribution in [0.5, 0.6) is 0 Å². The molecule has 0 saturated carbocycles. The Morgan fingerprint density at radius 3 is 1.83 bits per heavy atom. The minimum atomic E-state index is 0.894. The molecule has 1 heterocycles. The van der Waals surface area contributed by atoms with Gasteiger partial charge in [0.15, 0.2) is 0 Å². The first kappa shape index (κ1) is 23.8. The van der Waals surface area contributed by atoms with Gasteiger partial charge in [0.05, 0.1) is 5.71 Å². The van der Waals surface area contributed by atoms with E-state index in [2.05, 4.69) is 23.5 Å². The van der Waals surface area contributed by atoms with Crippen LogP contribution in [0.1, 0.15) is 103 Å². The van der Waals surface area contributed by atoms with Crippen LogP contribution in [-0.4, -0.2) is 30.2 Å². The molecular weight excluding hydrogens is 354 g/mol. The second kappa shape index (κ2) is 15.3. The van der Waals surface area contributed by atoms with Gasteiger partial charge in [0, 0.05) is 25.3 Å². The van der Waals surface area contributed by atoms with E-state index in [9.17, 15) is 0 Å². The van der Waals surface area contributed by atoms with E-state index in [1.807, 2.05) is 12.2 Å². The first-order chi connectivity index (χ1) is 14.4. The zero-order valence-corrected chi connectivity index (χ0v) is 18.9. The van der Waals surface area contributed by atoms with E-state index >= 15 is 0 Å². The van der Waals surface area contributed by atoms with Gasteiger partial charge in [-0.15, -0.1) is 13.2 Å². The van der Waals surface area contributed by atoms with E-state index < -0.39 is 0 Å². The van der Waals surface area contributed by atoms with Crippen LogP contribution in [0.3, 0.4) is 0 Å². The molecule has 1 aliphatic carbocycles. The van der Waals surface area contributed by atoms with Crippen molar-refractivity contribution in [3.8, 4) is 0 Å². The molecule has 0 radical (unpaired) electrons. The number of rotatable bonds is 6. The maximum absolute atomic E-state index is 4.98. The molecule has 2 rings (SSSR count). The summed E-state index contributed by atoms with van der Waals surface area (Å²) in [4.78, 5) is 2.50. The highest BCUT2D eigenvalue weighted by molar-refractivity contribution is 6.00. The van der Waals surface area contributed by atoms with Gasteiger partial charge in [0.1, 0.15) is 0 Å². The molecule has 0 aromatic carbocycles. The summed E-state index contributed by atoms with van der Waals surface area (Å²) in [7, 11) is 0. The Hall–Kier alpha value is -1.51. The number of hydrogen-bond donors (Lipinski definition) is 1. The van der Waals surface area contributed by atoms with Crippen molar-refractivity contribution in [2.75, 3.05) is 19.6 Å². The van der Waals surface area contributed by atoms with Crippen molar-refractivity contribution in [2.24, 2.45) is 5.10 Å². The van der Waals surface area contributed by atoms with E-state index in [1.54, 1.807) is 0 Å². The zero-order chi connectivity index (χ0) is 20.6. The molecule has 0 aromatic heterocycles. The predicted molar refractivity (Wildman–Crippen MR) is 128 cm³/mol. The van der Waals surface area contributed by atoms with Crippen molar-refractivity contribution in [3.05, 3.63) is 36.6 Å². The molecule has 0 fully saturated rings. The highest BCUT2D eigenvalue weighted by atomic mass is 15.3. The van der Waals surface area contributed by atoms with E-state index in [0.29, 0.717) is 0 Å². The average molecular weight is 400 g/mol. The highest BCUT2D eigenvalue weighted by Crippen LogP contribution is 2.27. The Balaban J connectivity index is 2.36. The van der Waals surface area contributed by atoms with E-state index in [-0.39, 0.29) is 0 Å². The number of hydrogen-bond acceptors (Lipinski definition) is 3. The summed E-state index contributed by atoms with van der Waals surface area (Å²) in [6, 6.07) is 0. The largest absolute Gasteiger partial charge is 0.367 e. The van der Waals surface area contributed by atoms with Crippen LogP contribution in [0.2, 0.25) is 0 Å². The second-order valence-corrected chi connectivity index (χ2v) is 8.72. The lowest BCUT2D eigenvalue weighted by Crippen LogP contribution is -2.27. The molecule has 1 aliphatic heterocycles. The molecular formula is C26H45N3. The highest BCUT2D eigenvalue weighted by Gasteiger charge is 2.19. The molecule has 29 heavy (non-hydrogen) atoms. The van der Waals surface area contributed by atoms with Crippen molar-refractivity contribution in [2.45, 2.75) is 103 Å². The summed E-state index contributed by atoms with van der Waals surface area (Å²) in [5.74, 6) is 0. The van der Waals surface area contributed by atoms with Crippen LogP contribution in [0, 0.1) is 0 Å². The zero-order valence-electron chi connectivity index (χ0n) is 18.9. The topological polar surface area (TPSA) is 27.6 Å². The molecule has 0 aromatic rings. The molecule has 164 valence electrons. The van der Waals surface area contributed by atoms with E-state index in [0.717, 1.165) is 32.5 Å². The maximum atomic E-state index is 4.98. The number of hydrazone groups is 1. The summed E-state index contributed by atoms with van der Waals surface area (Å²) < 4.78 is 0. The molecule has 0 amide bonds. The smallest absolute Gasteiger partial charge is 0.0652 e. The third-order valence-electron chi connectivity index (χ3n) is 6.28. The Labute approximate surface area is 180 Å². The third kappa shape index (κ3) is 9.23. The summed E-state index contributed by atoms with van der Waals surface area (Å²) in [6.07, 6.45) is 24.9. The normalized spacial score (nSPS) is 21.0. The molecule has 3 heteroatoms. The van der Waals surface area contributed by atoms with Crippen molar-refractivity contribution < 1.29 is 0 Å². The minimum absolute atomic E-state index is 0.894. The van der Waals surface area contributed by atoms with Crippen molar-refractivity contribution in [1.82, 2.24) is 10.3 Å². The molecule has 0 bridgehead atoms. The van der Waals surface area contributed by atoms with E-state index in [4.69, 9.17) is 5.10 Å². The summed E-state index contributed by atoms with van der Waals surface area (Å²) in [6.45, 7) is 10.8. The molecule has 0 atom stereocenters. The van der Waals surface area contributed by atoms with E-state index in [1.165, 1.54) is 107 Å². The van der Waals surface area contributed by atoms with Gasteiger partial charge >= 0.3 is 0 Å². The predicted octanol–water partition coefficient (Wildman–Crippen LogP) is 7.13. The Bertz CT molecular complexity index is 522. The van der Waals surface area contributed by atoms with Crippen LogP contribution >= 0.6 is 0 Å². The molecule has 1 N–H and O–H groups in total. The average Bonchev–Trinajstić information content (AvgIpc) is 2.82. The van der Waals surface area contributed by atoms with Crippen molar-refractivity contribution >= 4 is 5.71 Å². The lowest BCUT2D eigenvalue weighted by atomic mass is 9.94. The van der Waals surface area contributed by atoms with Crippen LogP contribution < -0.4 is 5.43 Å². The lowest BCUT2D eigenvalue weighted by molar-refractivity contribution is 0.393. The Morgan fingerprint density at radius 2 is 1.21 bits per heavy atom. The van der Waals surface area contributed by atoms with Gasteiger partial charge in [-0.2, -0.15) is 5.10 Å². The number of allylic oxidation sites excluding steroid dienone is 2. The van der Waals surface area contributed by atoms with Crippen LogP contribution in [0.4, 0.5) is 0 Å². The fraction of sp³-hybridized carbons (Fsp3) is 0.731. The van der Waals surface area contributed by atoms with Gasteiger partial charge in [-0.25, -0.2) is 0 Å². The van der Waals surface area contributed by atoms with Gasteiger partial charge in [0.25, 0.3) is 0 Å². The third-order valence-corrected chi connectivity index (χ3v) is 6.28. The molecule has 2 aliphatic rings. The Morgan fingerprint density at radius 1 is 0.690 bits per heavy atom. The quantitative estimate of drug-likeness (QED) is 0.481. The number of nitrogens with one attached hydrogen (secondary N) is 1.